The minimum Gasteiger partial charge on any atom is -0.0930 e. The van der Waals surface area contributed by atoms with Crippen molar-refractivity contribution in [1.82, 2.24) is 0 Å². The van der Waals surface area contributed by atoms with E-state index in [0.717, 1.165) is 0 Å². The normalized spacial score (nSPS) is 9.57. The Morgan fingerprint density at radius 2 is 2.00 bits per heavy atom. The molecule has 0 heterocycles. The zero-order chi connectivity index (χ0) is 5.70. The summed E-state index contributed by atoms with van der Waals surface area (Å²) in [5, 5.41) is 0. The quantitative estimate of drug-likeness (QED) is 0.462. The minimum atomic E-state index is 1.26. The van der Waals surface area contributed by atoms with Gasteiger partial charge in [0.25, 0.3) is 0 Å². The summed E-state index contributed by atoms with van der Waals surface area (Å²) in [6, 6.07) is 0. The Morgan fingerprint density at radius 1 is 1.43 bits per heavy atom. The van der Waals surface area contributed by atoms with Gasteiger partial charge in [-0.1, -0.05) is 29.3 Å². The van der Waals surface area contributed by atoms with Crippen molar-refractivity contribution in [3.8, 4) is 0 Å². The predicted molar refractivity (Wildman–Crippen MR) is 34.4 cm³/mol. The summed E-state index contributed by atoms with van der Waals surface area (Å²) in [6.07, 6.45) is 3.75. The summed E-state index contributed by atoms with van der Waals surface area (Å²) in [4.78, 5) is 0. The van der Waals surface area contributed by atoms with Gasteiger partial charge in [-0.2, -0.15) is 0 Å². The fourth-order valence-electron chi connectivity index (χ4n) is 0.229. The molecule has 0 saturated carbocycles. The van der Waals surface area contributed by atoms with Crippen LogP contribution in [0.15, 0.2) is 23.3 Å². The van der Waals surface area contributed by atoms with E-state index in [2.05, 4.69) is 0 Å². The van der Waals surface area contributed by atoms with Crippen LogP contribution in [0, 0.1) is 0 Å². The van der Waals surface area contributed by atoms with Gasteiger partial charge in [0.15, 0.2) is 0 Å². The average molecular weight is 117 g/mol. The highest BCUT2D eigenvalue weighted by Gasteiger charge is 1.66. The molecule has 0 N–H and O–H groups in total. The van der Waals surface area contributed by atoms with Crippen LogP contribution in [0.3, 0.4) is 0 Å². The highest BCUT2D eigenvalue weighted by atomic mass is 35.5. The molecule has 0 aromatic rings. The minimum absolute atomic E-state index is 1.26. The van der Waals surface area contributed by atoms with Crippen molar-refractivity contribution >= 4 is 11.6 Å². The lowest BCUT2D eigenvalue weighted by molar-refractivity contribution is 1.39. The molecule has 0 amide bonds. The van der Waals surface area contributed by atoms with Crippen LogP contribution in [-0.2, 0) is 0 Å². The van der Waals surface area contributed by atoms with Gasteiger partial charge in [0, 0.05) is 5.54 Å². The van der Waals surface area contributed by atoms with Gasteiger partial charge < -0.3 is 0 Å². The fourth-order valence-corrected chi connectivity index (χ4v) is 0.302. The van der Waals surface area contributed by atoms with Gasteiger partial charge in [0.05, 0.1) is 0 Å². The van der Waals surface area contributed by atoms with E-state index in [1.54, 1.807) is 6.08 Å². The van der Waals surface area contributed by atoms with E-state index in [1.807, 2.05) is 19.9 Å². The SMILES string of the molecule is CC(C)=CC=CCl. The highest BCUT2D eigenvalue weighted by Crippen LogP contribution is 1.89. The van der Waals surface area contributed by atoms with Crippen molar-refractivity contribution in [2.45, 2.75) is 13.8 Å². The summed E-state index contributed by atoms with van der Waals surface area (Å²) in [5.41, 5.74) is 2.75. The molecule has 0 unspecified atom stereocenters. The molecule has 0 aliphatic rings. The monoisotopic (exact) mass is 116 g/mol. The molecule has 0 saturated heterocycles. The molecule has 0 rings (SSSR count). The molecule has 40 valence electrons. The van der Waals surface area contributed by atoms with Crippen LogP contribution < -0.4 is 0 Å². The second-order valence-corrected chi connectivity index (χ2v) is 1.81. The van der Waals surface area contributed by atoms with Crippen LogP contribution in [0.5, 0.6) is 0 Å². The number of allylic oxidation sites excluding steroid dienone is 3. The van der Waals surface area contributed by atoms with Crippen LogP contribution in [0.2, 0.25) is 0 Å². The molecule has 0 spiro atoms. The summed E-state index contributed by atoms with van der Waals surface area (Å²) in [6.45, 7) is 4.05. The third-order valence-corrected chi connectivity index (χ3v) is 0.648. The summed E-state index contributed by atoms with van der Waals surface area (Å²) in [7, 11) is 0. The van der Waals surface area contributed by atoms with E-state index in [0.29, 0.717) is 0 Å². The van der Waals surface area contributed by atoms with Crippen molar-refractivity contribution in [3.05, 3.63) is 23.3 Å². The molecule has 0 aromatic carbocycles. The Balaban J connectivity index is 3.46. The lowest BCUT2D eigenvalue weighted by atomic mass is 10.3. The van der Waals surface area contributed by atoms with Crippen molar-refractivity contribution < 1.29 is 0 Å². The Morgan fingerprint density at radius 3 is 2.14 bits per heavy atom. The first-order valence-electron chi connectivity index (χ1n) is 2.17. The zero-order valence-electron chi connectivity index (χ0n) is 4.61. The van der Waals surface area contributed by atoms with Gasteiger partial charge >= 0.3 is 0 Å². The first-order valence-corrected chi connectivity index (χ1v) is 2.61. The van der Waals surface area contributed by atoms with Gasteiger partial charge in [-0.3, -0.25) is 0 Å². The lowest BCUT2D eigenvalue weighted by Crippen LogP contribution is -1.55. The van der Waals surface area contributed by atoms with Crippen LogP contribution >= 0.6 is 11.6 Å². The molecule has 0 radical (unpaired) electrons. The maximum Gasteiger partial charge on any atom is 0.00424 e. The number of hydrogen-bond donors (Lipinski definition) is 0. The molecular weight excluding hydrogens is 108 g/mol. The van der Waals surface area contributed by atoms with E-state index < -0.39 is 0 Å². The van der Waals surface area contributed by atoms with Crippen LogP contribution in [-0.4, -0.2) is 0 Å². The fraction of sp³-hybridized carbons (Fsp3) is 0.333. The molecular formula is C6H9Cl. The predicted octanol–water partition coefficient (Wildman–Crippen LogP) is 2.71. The van der Waals surface area contributed by atoms with Crippen molar-refractivity contribution in [2.24, 2.45) is 0 Å². The van der Waals surface area contributed by atoms with Gasteiger partial charge in [0.1, 0.15) is 0 Å². The van der Waals surface area contributed by atoms with Gasteiger partial charge in [0.2, 0.25) is 0 Å². The van der Waals surface area contributed by atoms with Gasteiger partial charge in [-0.15, -0.1) is 0 Å². The van der Waals surface area contributed by atoms with Gasteiger partial charge in [-0.05, 0) is 13.8 Å². The number of hydrogen-bond acceptors (Lipinski definition) is 0. The first-order chi connectivity index (χ1) is 3.27. The molecule has 0 fully saturated rings. The van der Waals surface area contributed by atoms with E-state index >= 15 is 0 Å². The molecule has 1 heteroatoms. The van der Waals surface area contributed by atoms with Crippen molar-refractivity contribution in [3.63, 3.8) is 0 Å². The third kappa shape index (κ3) is 5.77. The molecule has 0 nitrogen and oxygen atoms in total. The second-order valence-electron chi connectivity index (χ2n) is 1.56. The van der Waals surface area contributed by atoms with E-state index in [1.165, 1.54) is 11.1 Å². The van der Waals surface area contributed by atoms with E-state index in [9.17, 15) is 0 Å². The first kappa shape index (κ1) is 6.77. The zero-order valence-corrected chi connectivity index (χ0v) is 5.37. The number of halogens is 1. The second kappa shape index (κ2) is 3.94. The molecule has 0 atom stereocenters. The molecule has 0 aromatic heterocycles. The summed E-state index contributed by atoms with van der Waals surface area (Å²) in [5.74, 6) is 0. The van der Waals surface area contributed by atoms with Crippen LogP contribution in [0.1, 0.15) is 13.8 Å². The maximum absolute atomic E-state index is 5.22. The summed E-state index contributed by atoms with van der Waals surface area (Å²) < 4.78 is 0. The highest BCUT2D eigenvalue weighted by molar-refractivity contribution is 6.25. The van der Waals surface area contributed by atoms with Crippen molar-refractivity contribution in [2.75, 3.05) is 0 Å². The van der Waals surface area contributed by atoms with E-state index in [4.69, 9.17) is 11.6 Å². The van der Waals surface area contributed by atoms with Gasteiger partial charge in [-0.25, -0.2) is 0 Å². The molecule has 0 bridgehead atoms. The topological polar surface area (TPSA) is 0 Å². The average Bonchev–Trinajstić information content (AvgIpc) is 1.61. The maximum atomic E-state index is 5.22. The lowest BCUT2D eigenvalue weighted by Gasteiger charge is -1.77. The smallest absolute Gasteiger partial charge is 0.00424 e. The Hall–Kier alpha value is -0.230. The summed E-state index contributed by atoms with van der Waals surface area (Å²) >= 11 is 5.22. The number of rotatable bonds is 1. The van der Waals surface area contributed by atoms with Crippen LogP contribution in [0.25, 0.3) is 0 Å². The molecule has 7 heavy (non-hydrogen) atoms. The van der Waals surface area contributed by atoms with Crippen LogP contribution in [0.4, 0.5) is 0 Å². The Labute approximate surface area is 49.5 Å². The Kier molecular flexibility index (Phi) is 3.81. The largest absolute Gasteiger partial charge is 0.0930 e. The standard InChI is InChI=1S/C6H9Cl/c1-6(2)4-3-5-7/h3-5H,1-2H3. The van der Waals surface area contributed by atoms with Crippen molar-refractivity contribution in [1.29, 1.82) is 0 Å². The molecule has 0 aliphatic carbocycles. The third-order valence-electron chi connectivity index (χ3n) is 0.502. The van der Waals surface area contributed by atoms with E-state index in [-0.39, 0.29) is 0 Å². The Bertz CT molecular complexity index is 86.4. The molecule has 0 aliphatic heterocycles.